The molecule has 4 atom stereocenters. The Balaban J connectivity index is 2.49. The molecule has 5 heteroatoms. The highest BCUT2D eigenvalue weighted by Gasteiger charge is 2.39. The van der Waals surface area contributed by atoms with Gasteiger partial charge in [0.15, 0.2) is 0 Å². The molecule has 2 N–H and O–H groups in total. The Labute approximate surface area is 156 Å². The molecule has 0 aromatic heterocycles. The first kappa shape index (κ1) is 22.3. The number of hydrogen-bond donors (Lipinski definition) is 2. The summed E-state index contributed by atoms with van der Waals surface area (Å²) in [5, 5.41) is 20.1. The summed E-state index contributed by atoms with van der Waals surface area (Å²) in [6.45, 7) is 2.03. The molecule has 1 fully saturated rings. The van der Waals surface area contributed by atoms with Gasteiger partial charge in [-0.25, -0.2) is 0 Å². The SMILES string of the molecule is CC/C=C\C[C@H](O)/C=C/[C@H]1[C@@H](O)CC(=O)[C@@H]1C/C=C\CCCC(=O)OC. The normalized spacial score (nSPS) is 24.9. The lowest BCUT2D eigenvalue weighted by atomic mass is 9.90. The molecule has 0 amide bonds. The minimum absolute atomic E-state index is 0.0618. The molecule has 1 saturated carbocycles. The molecule has 0 saturated heterocycles. The van der Waals surface area contributed by atoms with Crippen LogP contribution in [0.5, 0.6) is 0 Å². The number of aliphatic hydroxyl groups is 2. The number of ether oxygens (including phenoxy) is 1. The van der Waals surface area contributed by atoms with Crippen molar-refractivity contribution in [1.82, 2.24) is 0 Å². The van der Waals surface area contributed by atoms with Gasteiger partial charge in [-0.3, -0.25) is 9.59 Å². The summed E-state index contributed by atoms with van der Waals surface area (Å²) in [7, 11) is 1.37. The number of hydrogen-bond acceptors (Lipinski definition) is 5. The first-order chi connectivity index (χ1) is 12.5. The predicted octanol–water partition coefficient (Wildman–Crippen LogP) is 3.12. The van der Waals surface area contributed by atoms with Crippen molar-refractivity contribution in [2.75, 3.05) is 7.11 Å². The number of unbranched alkanes of at least 4 members (excludes halogenated alkanes) is 1. The summed E-state index contributed by atoms with van der Waals surface area (Å²) >= 11 is 0. The number of rotatable bonds is 11. The maximum absolute atomic E-state index is 12.1. The molecule has 1 rings (SSSR count). The Morgan fingerprint density at radius 1 is 1.31 bits per heavy atom. The second-order valence-corrected chi connectivity index (χ2v) is 6.66. The lowest BCUT2D eigenvalue weighted by Crippen LogP contribution is -2.18. The molecular weight excluding hydrogens is 332 g/mol. The van der Waals surface area contributed by atoms with Crippen molar-refractivity contribution in [3.05, 3.63) is 36.5 Å². The number of carbonyl (C=O) groups excluding carboxylic acids is 2. The van der Waals surface area contributed by atoms with Crippen LogP contribution >= 0.6 is 0 Å². The van der Waals surface area contributed by atoms with Crippen molar-refractivity contribution >= 4 is 11.8 Å². The highest BCUT2D eigenvalue weighted by Crippen LogP contribution is 2.33. The lowest BCUT2D eigenvalue weighted by molar-refractivity contribution is -0.140. The zero-order chi connectivity index (χ0) is 19.4. The third-order valence-electron chi connectivity index (χ3n) is 4.60. The van der Waals surface area contributed by atoms with Crippen LogP contribution in [-0.4, -0.2) is 41.3 Å². The minimum Gasteiger partial charge on any atom is -0.469 e. The van der Waals surface area contributed by atoms with Gasteiger partial charge in [0, 0.05) is 24.7 Å². The monoisotopic (exact) mass is 364 g/mol. The first-order valence-electron chi connectivity index (χ1n) is 9.43. The van der Waals surface area contributed by atoms with Gasteiger partial charge in [0.1, 0.15) is 5.78 Å². The average molecular weight is 364 g/mol. The fourth-order valence-electron chi connectivity index (χ4n) is 3.09. The number of methoxy groups -OCH3 is 1. The summed E-state index contributed by atoms with van der Waals surface area (Å²) in [5.41, 5.74) is 0. The van der Waals surface area contributed by atoms with Crippen molar-refractivity contribution in [3.63, 3.8) is 0 Å². The van der Waals surface area contributed by atoms with Gasteiger partial charge in [0.25, 0.3) is 0 Å². The second kappa shape index (κ2) is 12.6. The zero-order valence-corrected chi connectivity index (χ0v) is 15.8. The number of Topliss-reactive ketones (excluding diaryl/α,β-unsaturated/α-hetero) is 1. The Hall–Kier alpha value is -1.72. The molecule has 0 bridgehead atoms. The topological polar surface area (TPSA) is 83.8 Å². The number of allylic oxidation sites excluding steroid dienone is 3. The lowest BCUT2D eigenvalue weighted by Gasteiger charge is -2.16. The largest absolute Gasteiger partial charge is 0.469 e. The van der Waals surface area contributed by atoms with E-state index in [0.717, 1.165) is 12.8 Å². The average Bonchev–Trinajstić information content (AvgIpc) is 2.89. The molecule has 0 aromatic rings. The third-order valence-corrected chi connectivity index (χ3v) is 4.60. The fourth-order valence-corrected chi connectivity index (χ4v) is 3.09. The van der Waals surface area contributed by atoms with E-state index in [2.05, 4.69) is 4.74 Å². The maximum Gasteiger partial charge on any atom is 0.305 e. The summed E-state index contributed by atoms with van der Waals surface area (Å²) in [6, 6.07) is 0. The van der Waals surface area contributed by atoms with Crippen molar-refractivity contribution in [3.8, 4) is 0 Å². The van der Waals surface area contributed by atoms with E-state index in [1.165, 1.54) is 7.11 Å². The molecule has 0 spiro atoms. The number of carbonyl (C=O) groups is 2. The fraction of sp³-hybridized carbons (Fsp3) is 0.619. The van der Waals surface area contributed by atoms with Crippen LogP contribution in [0.2, 0.25) is 0 Å². The van der Waals surface area contributed by atoms with Crippen molar-refractivity contribution < 1.29 is 24.5 Å². The van der Waals surface area contributed by atoms with E-state index in [1.807, 2.05) is 31.2 Å². The highest BCUT2D eigenvalue weighted by atomic mass is 16.5. The minimum atomic E-state index is -0.685. The standard InChI is InChI=1S/C21H32O5/c1-3-4-7-10-16(22)13-14-18-17(19(23)15-20(18)24)11-8-5-6-9-12-21(25)26-2/h4-5,7-8,13-14,16-18,20,22,24H,3,6,9-12,15H2,1-2H3/b7-4-,8-5-,14-13+/t16-,17+,18+,20-/m0/s1. The Morgan fingerprint density at radius 2 is 2.08 bits per heavy atom. The van der Waals surface area contributed by atoms with E-state index >= 15 is 0 Å². The van der Waals surface area contributed by atoms with E-state index in [-0.39, 0.29) is 30.0 Å². The van der Waals surface area contributed by atoms with Crippen LogP contribution in [0.3, 0.4) is 0 Å². The molecule has 0 aliphatic heterocycles. The predicted molar refractivity (Wildman–Crippen MR) is 101 cm³/mol. The van der Waals surface area contributed by atoms with Gasteiger partial charge in [0.05, 0.1) is 19.3 Å². The Kier molecular flexibility index (Phi) is 10.8. The molecule has 0 unspecified atom stereocenters. The third kappa shape index (κ3) is 8.11. The smallest absolute Gasteiger partial charge is 0.305 e. The van der Waals surface area contributed by atoms with Crippen molar-refractivity contribution in [1.29, 1.82) is 0 Å². The van der Waals surface area contributed by atoms with Crippen LogP contribution in [0, 0.1) is 11.8 Å². The van der Waals surface area contributed by atoms with E-state index in [4.69, 9.17) is 0 Å². The summed E-state index contributed by atoms with van der Waals surface area (Å²) in [6.07, 6.45) is 14.1. The first-order valence-corrected chi connectivity index (χ1v) is 9.43. The molecule has 1 aliphatic carbocycles. The van der Waals surface area contributed by atoms with Crippen LogP contribution in [0.1, 0.15) is 51.9 Å². The van der Waals surface area contributed by atoms with Crippen LogP contribution in [0.25, 0.3) is 0 Å². The molecule has 0 radical (unpaired) electrons. The molecule has 1 aliphatic rings. The van der Waals surface area contributed by atoms with Gasteiger partial charge in [0.2, 0.25) is 0 Å². The zero-order valence-electron chi connectivity index (χ0n) is 15.8. The van der Waals surface area contributed by atoms with Crippen molar-refractivity contribution in [2.45, 2.75) is 64.1 Å². The molecule has 26 heavy (non-hydrogen) atoms. The van der Waals surface area contributed by atoms with Gasteiger partial charge in [-0.05, 0) is 32.1 Å². The summed E-state index contributed by atoms with van der Waals surface area (Å²) < 4.78 is 4.59. The molecule has 146 valence electrons. The molecule has 0 heterocycles. The van der Waals surface area contributed by atoms with E-state index < -0.39 is 12.2 Å². The molecular formula is C21H32O5. The number of aliphatic hydroxyl groups excluding tert-OH is 2. The molecule has 0 aromatic carbocycles. The van der Waals surface area contributed by atoms with Gasteiger partial charge in [-0.15, -0.1) is 0 Å². The van der Waals surface area contributed by atoms with Crippen LogP contribution < -0.4 is 0 Å². The number of esters is 1. The van der Waals surface area contributed by atoms with Gasteiger partial charge in [-0.2, -0.15) is 0 Å². The Bertz CT molecular complexity index is 520. The van der Waals surface area contributed by atoms with E-state index in [1.54, 1.807) is 12.2 Å². The van der Waals surface area contributed by atoms with E-state index in [0.29, 0.717) is 25.7 Å². The van der Waals surface area contributed by atoms with Crippen LogP contribution in [-0.2, 0) is 14.3 Å². The highest BCUT2D eigenvalue weighted by molar-refractivity contribution is 5.84. The van der Waals surface area contributed by atoms with Crippen LogP contribution in [0.4, 0.5) is 0 Å². The Morgan fingerprint density at radius 3 is 2.77 bits per heavy atom. The van der Waals surface area contributed by atoms with Gasteiger partial charge >= 0.3 is 5.97 Å². The van der Waals surface area contributed by atoms with Crippen molar-refractivity contribution in [2.24, 2.45) is 11.8 Å². The van der Waals surface area contributed by atoms with Gasteiger partial charge in [-0.1, -0.05) is 43.4 Å². The summed E-state index contributed by atoms with van der Waals surface area (Å²) in [5.74, 6) is -0.666. The quantitative estimate of drug-likeness (QED) is 0.334. The maximum atomic E-state index is 12.1. The molecule has 5 nitrogen and oxygen atoms in total. The second-order valence-electron chi connectivity index (χ2n) is 6.66. The van der Waals surface area contributed by atoms with Crippen LogP contribution in [0.15, 0.2) is 36.5 Å². The van der Waals surface area contributed by atoms with Gasteiger partial charge < -0.3 is 14.9 Å². The summed E-state index contributed by atoms with van der Waals surface area (Å²) in [4.78, 5) is 23.2. The van der Waals surface area contributed by atoms with E-state index in [9.17, 15) is 19.8 Å². The number of ketones is 1.